The van der Waals surface area contributed by atoms with Crippen molar-refractivity contribution in [1.82, 2.24) is 0 Å². The molecule has 0 aromatic heterocycles. The van der Waals surface area contributed by atoms with Crippen molar-refractivity contribution in [3.05, 3.63) is 60.7 Å². The van der Waals surface area contributed by atoms with Crippen LogP contribution in [0.3, 0.4) is 0 Å². The highest BCUT2D eigenvalue weighted by molar-refractivity contribution is 8.00. The van der Waals surface area contributed by atoms with Gasteiger partial charge in [-0.05, 0) is 49.9 Å². The molecule has 2 atom stereocenters. The molecule has 0 amide bonds. The van der Waals surface area contributed by atoms with Gasteiger partial charge in [0.2, 0.25) is 0 Å². The molecule has 0 N–H and O–H groups in total. The van der Waals surface area contributed by atoms with Crippen LogP contribution in [-0.4, -0.2) is 22.4 Å². The molecular weight excluding hydrogens is 368 g/mol. The van der Waals surface area contributed by atoms with Crippen molar-refractivity contribution in [1.29, 1.82) is 0 Å². The first-order valence-electron chi connectivity index (χ1n) is 10.1. The first kappa shape index (κ1) is 17.4. The molecule has 3 fully saturated rings. The Morgan fingerprint density at radius 3 is 1.67 bits per heavy atom. The lowest BCUT2D eigenvalue weighted by Gasteiger charge is -2.61. The van der Waals surface area contributed by atoms with Gasteiger partial charge in [0.25, 0.3) is 0 Å². The molecule has 3 aliphatic rings. The molecule has 1 saturated heterocycles. The van der Waals surface area contributed by atoms with Crippen LogP contribution >= 0.6 is 12.2 Å². The average molecular weight is 394 g/mol. The molecule has 0 radical (unpaired) electrons. The van der Waals surface area contributed by atoms with E-state index in [9.17, 15) is 0 Å². The first-order valence-corrected chi connectivity index (χ1v) is 10.9. The molecular formula is C23H25N2S2-. The second kappa shape index (κ2) is 6.75. The quantitative estimate of drug-likeness (QED) is 0.515. The molecule has 4 heteroatoms. The van der Waals surface area contributed by atoms with Crippen LogP contribution in [0.2, 0.25) is 0 Å². The fourth-order valence-corrected chi connectivity index (χ4v) is 6.67. The number of anilines is 2. The monoisotopic (exact) mass is 393 g/mol. The van der Waals surface area contributed by atoms with E-state index in [1.165, 1.54) is 49.9 Å². The fraction of sp³-hybridized carbons (Fsp3) is 0.435. The van der Waals surface area contributed by atoms with E-state index in [0.717, 1.165) is 0 Å². The number of nitrogens with zero attached hydrogens (tertiary/aromatic N) is 2. The minimum Gasteiger partial charge on any atom is -0.429 e. The van der Waals surface area contributed by atoms with Crippen LogP contribution in [-0.2, 0) is 12.6 Å². The maximum Gasteiger partial charge on any atom is 0.110 e. The Bertz CT molecular complexity index is 759. The highest BCUT2D eigenvalue weighted by Crippen LogP contribution is 2.59. The maximum atomic E-state index is 5.72. The van der Waals surface area contributed by atoms with E-state index in [-0.39, 0.29) is 6.17 Å². The number of para-hydroxylation sites is 2. The van der Waals surface area contributed by atoms with Gasteiger partial charge >= 0.3 is 0 Å². The molecule has 2 nitrogen and oxygen atoms in total. The number of hydrogen-bond donors (Lipinski definition) is 0. The zero-order valence-corrected chi connectivity index (χ0v) is 17.1. The standard InChI is InChI=1S/C23H26N2S2/c26-22(27)21-24(17-9-3-1-4-10-17)19-13-7-15-23(19)16-8-14-20(23)25(21)18-11-5-2-6-12-18/h1-6,9-12,19-21H,7-8,13-16H2,(H,26,27)/p-1/t19-,20-,23?/m0/s1. The lowest BCUT2D eigenvalue weighted by molar-refractivity contribution is 0.177. The Kier molecular flexibility index (Phi) is 4.36. The number of thiocarbonyl (C=S) groups is 1. The zero-order valence-electron chi connectivity index (χ0n) is 15.5. The van der Waals surface area contributed by atoms with Crippen LogP contribution in [0.4, 0.5) is 11.4 Å². The Morgan fingerprint density at radius 1 is 0.815 bits per heavy atom. The Labute approximate surface area is 173 Å². The van der Waals surface area contributed by atoms with Gasteiger partial charge in [-0.2, -0.15) is 0 Å². The maximum absolute atomic E-state index is 5.72. The summed E-state index contributed by atoms with van der Waals surface area (Å²) in [6.45, 7) is 0. The lowest BCUT2D eigenvalue weighted by atomic mass is 9.73. The third-order valence-electron chi connectivity index (χ3n) is 7.08. The minimum absolute atomic E-state index is 0.0286. The van der Waals surface area contributed by atoms with Gasteiger partial charge in [0.1, 0.15) is 6.17 Å². The van der Waals surface area contributed by atoms with Crippen LogP contribution in [0.15, 0.2) is 60.7 Å². The Balaban J connectivity index is 1.71. The summed E-state index contributed by atoms with van der Waals surface area (Å²) in [6, 6.07) is 22.7. The van der Waals surface area contributed by atoms with Gasteiger partial charge in [-0.15, -0.1) is 4.20 Å². The summed E-state index contributed by atoms with van der Waals surface area (Å²) >= 11 is 11.4. The smallest absolute Gasteiger partial charge is 0.110 e. The summed E-state index contributed by atoms with van der Waals surface area (Å²) in [7, 11) is 0. The van der Waals surface area contributed by atoms with Crippen molar-refractivity contribution in [3.63, 3.8) is 0 Å². The van der Waals surface area contributed by atoms with Gasteiger partial charge < -0.3 is 34.6 Å². The van der Waals surface area contributed by atoms with Gasteiger partial charge in [0.15, 0.2) is 0 Å². The third kappa shape index (κ3) is 2.60. The van der Waals surface area contributed by atoms with Crippen molar-refractivity contribution in [3.8, 4) is 0 Å². The van der Waals surface area contributed by atoms with Crippen LogP contribution in [0.1, 0.15) is 38.5 Å². The van der Waals surface area contributed by atoms with Gasteiger partial charge in [-0.1, -0.05) is 49.2 Å². The molecule has 1 spiro atoms. The van der Waals surface area contributed by atoms with Crippen molar-refractivity contribution < 1.29 is 0 Å². The second-order valence-corrected chi connectivity index (χ2v) is 9.37. The average Bonchev–Trinajstić information content (AvgIpc) is 3.32. The van der Waals surface area contributed by atoms with Crippen molar-refractivity contribution in [2.75, 3.05) is 9.80 Å². The summed E-state index contributed by atoms with van der Waals surface area (Å²) in [5, 5.41) is 0. The van der Waals surface area contributed by atoms with E-state index in [1.807, 2.05) is 0 Å². The number of benzene rings is 2. The molecule has 1 aliphatic heterocycles. The van der Waals surface area contributed by atoms with E-state index in [4.69, 9.17) is 24.8 Å². The summed E-state index contributed by atoms with van der Waals surface area (Å²) in [5.74, 6) is 0. The van der Waals surface area contributed by atoms with Gasteiger partial charge in [0, 0.05) is 28.9 Å². The topological polar surface area (TPSA) is 6.48 Å². The largest absolute Gasteiger partial charge is 0.429 e. The van der Waals surface area contributed by atoms with E-state index in [0.29, 0.717) is 21.7 Å². The van der Waals surface area contributed by atoms with Gasteiger partial charge in [0.05, 0.1) is 0 Å². The fourth-order valence-electron chi connectivity index (χ4n) is 6.21. The van der Waals surface area contributed by atoms with Gasteiger partial charge in [-0.3, -0.25) is 0 Å². The summed E-state index contributed by atoms with van der Waals surface area (Å²) in [4.78, 5) is 5.16. The van der Waals surface area contributed by atoms with Crippen LogP contribution < -0.4 is 9.80 Å². The zero-order chi connectivity index (χ0) is 18.4. The van der Waals surface area contributed by atoms with E-state index < -0.39 is 0 Å². The summed E-state index contributed by atoms with van der Waals surface area (Å²) < 4.78 is 0.662. The molecule has 2 aliphatic carbocycles. The van der Waals surface area contributed by atoms with Gasteiger partial charge in [-0.25, -0.2) is 0 Å². The molecule has 1 heterocycles. The Morgan fingerprint density at radius 2 is 1.26 bits per heavy atom. The second-order valence-electron chi connectivity index (χ2n) is 8.23. The SMILES string of the molecule is S=C([S-])C1N(c2ccccc2)[C@H]2CCCC23CCC[C@@H]3N1c1ccccc1. The van der Waals surface area contributed by atoms with E-state index in [2.05, 4.69) is 70.5 Å². The van der Waals surface area contributed by atoms with Crippen molar-refractivity contribution in [2.45, 2.75) is 56.8 Å². The molecule has 0 unspecified atom stereocenters. The van der Waals surface area contributed by atoms with E-state index in [1.54, 1.807) is 0 Å². The summed E-state index contributed by atoms with van der Waals surface area (Å²) in [6.07, 6.45) is 7.75. The Hall–Kier alpha value is -1.65. The minimum atomic E-state index is -0.0286. The highest BCUT2D eigenvalue weighted by Gasteiger charge is 2.60. The molecule has 0 bridgehead atoms. The molecule has 2 aromatic carbocycles. The predicted octanol–water partition coefficient (Wildman–Crippen LogP) is 5.31. The molecule has 5 rings (SSSR count). The molecule has 140 valence electrons. The lowest BCUT2D eigenvalue weighted by Crippen LogP contribution is -2.70. The van der Waals surface area contributed by atoms with Crippen molar-refractivity contribution in [2.24, 2.45) is 5.41 Å². The van der Waals surface area contributed by atoms with E-state index >= 15 is 0 Å². The third-order valence-corrected chi connectivity index (χ3v) is 7.51. The van der Waals surface area contributed by atoms with Crippen molar-refractivity contribution >= 4 is 40.4 Å². The molecule has 27 heavy (non-hydrogen) atoms. The normalized spacial score (nSPS) is 32.2. The highest BCUT2D eigenvalue weighted by atomic mass is 32.1. The first-order chi connectivity index (χ1) is 13.2. The van der Waals surface area contributed by atoms with Crippen LogP contribution in [0.25, 0.3) is 0 Å². The number of hydrogen-bond acceptors (Lipinski definition) is 4. The number of rotatable bonds is 3. The molecule has 2 saturated carbocycles. The summed E-state index contributed by atoms with van der Waals surface area (Å²) in [5.41, 5.74) is 2.88. The predicted molar refractivity (Wildman–Crippen MR) is 119 cm³/mol. The van der Waals surface area contributed by atoms with Crippen LogP contribution in [0, 0.1) is 5.41 Å². The van der Waals surface area contributed by atoms with Crippen LogP contribution in [0.5, 0.6) is 0 Å². The molecule has 2 aromatic rings.